The Balaban J connectivity index is 2.46. The molecule has 0 aliphatic rings. The van der Waals surface area contributed by atoms with Crippen molar-refractivity contribution in [1.29, 1.82) is 0 Å². The molecule has 0 saturated carbocycles. The van der Waals surface area contributed by atoms with Crippen molar-refractivity contribution in [3.05, 3.63) is 23.2 Å². The average Bonchev–Trinajstić information content (AvgIpc) is 2.71. The molecule has 0 aliphatic heterocycles. The van der Waals surface area contributed by atoms with Gasteiger partial charge in [0.2, 0.25) is 0 Å². The van der Waals surface area contributed by atoms with Gasteiger partial charge >= 0.3 is 0 Å². The lowest BCUT2D eigenvalue weighted by Gasteiger charge is -1.93. The number of carbonyl (C=O) groups excluding carboxylic acids is 1. The number of carbonyl (C=O) groups is 1. The maximum Gasteiger partial charge on any atom is 0.160 e. The molecular formula is C8H7N3OS. The van der Waals surface area contributed by atoms with Crippen LogP contribution in [0.25, 0.3) is 10.6 Å². The van der Waals surface area contributed by atoms with Gasteiger partial charge in [-0.25, -0.2) is 4.68 Å². The third-order valence-corrected chi connectivity index (χ3v) is 2.74. The van der Waals surface area contributed by atoms with Gasteiger partial charge in [0, 0.05) is 7.05 Å². The standard InChI is InChI=1S/C8H7N3OS/c1-11-7(4-9-10-11)8-3-2-6(5-12)13-8/h2-5H,1H3. The Hall–Kier alpha value is -1.49. The van der Waals surface area contributed by atoms with Crippen molar-refractivity contribution in [2.75, 3.05) is 0 Å². The molecule has 0 bridgehead atoms. The number of hydrogen-bond acceptors (Lipinski definition) is 4. The second-order valence-corrected chi connectivity index (χ2v) is 3.68. The van der Waals surface area contributed by atoms with E-state index in [1.807, 2.05) is 13.1 Å². The number of aryl methyl sites for hydroxylation is 1. The van der Waals surface area contributed by atoms with E-state index in [1.54, 1.807) is 16.9 Å². The quantitative estimate of drug-likeness (QED) is 0.676. The molecule has 2 heterocycles. The van der Waals surface area contributed by atoms with Crippen LogP contribution >= 0.6 is 11.3 Å². The van der Waals surface area contributed by atoms with Gasteiger partial charge in [-0.2, -0.15) is 0 Å². The molecule has 2 aromatic heterocycles. The summed E-state index contributed by atoms with van der Waals surface area (Å²) < 4.78 is 1.68. The van der Waals surface area contributed by atoms with Crippen LogP contribution in [0.4, 0.5) is 0 Å². The van der Waals surface area contributed by atoms with E-state index in [0.717, 1.165) is 21.7 Å². The molecule has 13 heavy (non-hydrogen) atoms. The van der Waals surface area contributed by atoms with Gasteiger partial charge in [0.1, 0.15) is 0 Å². The number of hydrogen-bond donors (Lipinski definition) is 0. The summed E-state index contributed by atoms with van der Waals surface area (Å²) in [6.45, 7) is 0. The van der Waals surface area contributed by atoms with Gasteiger partial charge in [-0.15, -0.1) is 16.4 Å². The van der Waals surface area contributed by atoms with Gasteiger partial charge in [-0.1, -0.05) is 5.21 Å². The molecule has 66 valence electrons. The summed E-state index contributed by atoms with van der Waals surface area (Å²) in [6, 6.07) is 3.69. The largest absolute Gasteiger partial charge is 0.297 e. The van der Waals surface area contributed by atoms with Gasteiger partial charge in [0.15, 0.2) is 6.29 Å². The lowest BCUT2D eigenvalue weighted by molar-refractivity contribution is 0.112. The highest BCUT2D eigenvalue weighted by Crippen LogP contribution is 2.25. The Morgan fingerprint density at radius 2 is 2.38 bits per heavy atom. The van der Waals surface area contributed by atoms with Crippen molar-refractivity contribution in [3.8, 4) is 10.6 Å². The highest BCUT2D eigenvalue weighted by Gasteiger charge is 2.06. The van der Waals surface area contributed by atoms with E-state index < -0.39 is 0 Å². The number of aldehydes is 1. The second kappa shape index (κ2) is 3.10. The summed E-state index contributed by atoms with van der Waals surface area (Å²) in [5.41, 5.74) is 0.929. The SMILES string of the molecule is Cn1nncc1-c1ccc(C=O)s1. The molecule has 0 unspecified atom stereocenters. The van der Waals surface area contributed by atoms with Crippen molar-refractivity contribution >= 4 is 17.6 Å². The van der Waals surface area contributed by atoms with Crippen molar-refractivity contribution in [3.63, 3.8) is 0 Å². The van der Waals surface area contributed by atoms with E-state index in [4.69, 9.17) is 0 Å². The van der Waals surface area contributed by atoms with E-state index in [0.29, 0.717) is 0 Å². The first-order valence-corrected chi connectivity index (χ1v) is 4.53. The van der Waals surface area contributed by atoms with E-state index in [1.165, 1.54) is 11.3 Å². The molecule has 5 heteroatoms. The Kier molecular flexibility index (Phi) is 1.94. The molecule has 0 aromatic carbocycles. The maximum atomic E-state index is 10.4. The second-order valence-electron chi connectivity index (χ2n) is 2.56. The summed E-state index contributed by atoms with van der Waals surface area (Å²) >= 11 is 1.44. The third kappa shape index (κ3) is 1.38. The van der Waals surface area contributed by atoms with E-state index >= 15 is 0 Å². The van der Waals surface area contributed by atoms with Crippen LogP contribution in [0.1, 0.15) is 9.67 Å². The predicted octanol–water partition coefficient (Wildman–Crippen LogP) is 1.36. The lowest BCUT2D eigenvalue weighted by Crippen LogP contribution is -1.91. The molecule has 2 rings (SSSR count). The van der Waals surface area contributed by atoms with Gasteiger partial charge < -0.3 is 0 Å². The first-order chi connectivity index (χ1) is 6.31. The molecule has 0 saturated heterocycles. The van der Waals surface area contributed by atoms with Crippen LogP contribution < -0.4 is 0 Å². The van der Waals surface area contributed by atoms with E-state index in [9.17, 15) is 4.79 Å². The minimum atomic E-state index is 0.719. The van der Waals surface area contributed by atoms with Crippen molar-refractivity contribution in [2.45, 2.75) is 0 Å². The normalized spacial score (nSPS) is 10.2. The van der Waals surface area contributed by atoms with Gasteiger partial charge in [-0.05, 0) is 12.1 Å². The summed E-state index contributed by atoms with van der Waals surface area (Å²) in [4.78, 5) is 12.2. The summed E-state index contributed by atoms with van der Waals surface area (Å²) in [5.74, 6) is 0. The van der Waals surface area contributed by atoms with Crippen LogP contribution in [-0.4, -0.2) is 21.3 Å². The zero-order chi connectivity index (χ0) is 9.26. The molecule has 0 spiro atoms. The van der Waals surface area contributed by atoms with Gasteiger partial charge in [0.25, 0.3) is 0 Å². The van der Waals surface area contributed by atoms with Gasteiger partial charge in [0.05, 0.1) is 21.6 Å². The fraction of sp³-hybridized carbons (Fsp3) is 0.125. The molecular weight excluding hydrogens is 186 g/mol. The predicted molar refractivity (Wildman–Crippen MR) is 49.7 cm³/mol. The van der Waals surface area contributed by atoms with Crippen molar-refractivity contribution in [2.24, 2.45) is 7.05 Å². The smallest absolute Gasteiger partial charge is 0.160 e. The average molecular weight is 193 g/mol. The van der Waals surface area contributed by atoms with Crippen LogP contribution in [0, 0.1) is 0 Å². The van der Waals surface area contributed by atoms with Crippen molar-refractivity contribution in [1.82, 2.24) is 15.0 Å². The lowest BCUT2D eigenvalue weighted by atomic mass is 10.3. The Labute approximate surface area is 78.8 Å². The van der Waals surface area contributed by atoms with Crippen LogP contribution in [0.2, 0.25) is 0 Å². The number of rotatable bonds is 2. The summed E-state index contributed by atoms with van der Waals surface area (Å²) in [5, 5.41) is 7.58. The first kappa shape index (κ1) is 8.12. The monoisotopic (exact) mass is 193 g/mol. The van der Waals surface area contributed by atoms with Crippen LogP contribution in [0.15, 0.2) is 18.3 Å². The fourth-order valence-electron chi connectivity index (χ4n) is 1.07. The molecule has 0 atom stereocenters. The highest BCUT2D eigenvalue weighted by molar-refractivity contribution is 7.17. The maximum absolute atomic E-state index is 10.4. The third-order valence-electron chi connectivity index (χ3n) is 1.71. The van der Waals surface area contributed by atoms with Crippen LogP contribution in [-0.2, 0) is 7.05 Å². The molecule has 0 N–H and O–H groups in total. The zero-order valence-corrected chi connectivity index (χ0v) is 7.78. The minimum Gasteiger partial charge on any atom is -0.297 e. The Morgan fingerprint density at radius 3 is 2.92 bits per heavy atom. The van der Waals surface area contributed by atoms with E-state index in [2.05, 4.69) is 10.3 Å². The minimum absolute atomic E-state index is 0.719. The molecule has 2 aromatic rings. The highest BCUT2D eigenvalue weighted by atomic mass is 32.1. The molecule has 4 nitrogen and oxygen atoms in total. The number of thiophene rings is 1. The molecule has 0 fully saturated rings. The summed E-state index contributed by atoms with van der Waals surface area (Å²) in [7, 11) is 1.82. The van der Waals surface area contributed by atoms with Gasteiger partial charge in [-0.3, -0.25) is 4.79 Å². The molecule has 0 radical (unpaired) electrons. The first-order valence-electron chi connectivity index (χ1n) is 3.71. The Morgan fingerprint density at radius 1 is 1.54 bits per heavy atom. The van der Waals surface area contributed by atoms with E-state index in [-0.39, 0.29) is 0 Å². The Bertz CT molecular complexity index is 432. The topological polar surface area (TPSA) is 47.8 Å². The fourth-order valence-corrected chi connectivity index (χ4v) is 1.93. The van der Waals surface area contributed by atoms with Crippen LogP contribution in [0.3, 0.4) is 0 Å². The zero-order valence-electron chi connectivity index (χ0n) is 6.97. The molecule has 0 amide bonds. The number of aromatic nitrogens is 3. The molecule has 0 aliphatic carbocycles. The summed E-state index contributed by atoms with van der Waals surface area (Å²) in [6.07, 6.45) is 2.53. The van der Waals surface area contributed by atoms with Crippen molar-refractivity contribution < 1.29 is 4.79 Å². The van der Waals surface area contributed by atoms with Crippen LogP contribution in [0.5, 0.6) is 0 Å². The number of nitrogens with zero attached hydrogens (tertiary/aromatic N) is 3.